The van der Waals surface area contributed by atoms with Gasteiger partial charge < -0.3 is 0 Å². The van der Waals surface area contributed by atoms with Crippen molar-refractivity contribution in [2.24, 2.45) is 0 Å². The van der Waals surface area contributed by atoms with Crippen molar-refractivity contribution in [3.63, 3.8) is 0 Å². The first-order valence-electron chi connectivity index (χ1n) is 3.75. The number of rotatable bonds is 2. The molecular formula is C9H8N3. The van der Waals surface area contributed by atoms with Crippen molar-refractivity contribution in [3.8, 4) is 0 Å². The predicted molar refractivity (Wildman–Crippen MR) is 44.4 cm³/mol. The molecule has 3 nitrogen and oxygen atoms in total. The van der Waals surface area contributed by atoms with E-state index in [4.69, 9.17) is 0 Å². The van der Waals surface area contributed by atoms with Crippen LogP contribution in [0, 0.1) is 6.20 Å². The molecule has 0 unspecified atom stereocenters. The van der Waals surface area contributed by atoms with Crippen LogP contribution >= 0.6 is 0 Å². The molecule has 12 heavy (non-hydrogen) atoms. The molecule has 0 saturated heterocycles. The van der Waals surface area contributed by atoms with Gasteiger partial charge in [-0.1, -0.05) is 30.3 Å². The van der Waals surface area contributed by atoms with Crippen LogP contribution in [0.2, 0.25) is 0 Å². The maximum atomic E-state index is 3.96. The standard InChI is InChI=1S/C9H8N3/c1-2-4-9(5-3-1)8-12-10-6-7-11-12/h1-6H,8H2. The van der Waals surface area contributed by atoms with E-state index >= 15 is 0 Å². The summed E-state index contributed by atoms with van der Waals surface area (Å²) in [6.07, 6.45) is 4.21. The molecule has 1 radical (unpaired) electrons. The lowest BCUT2D eigenvalue weighted by atomic mass is 10.2. The Morgan fingerprint density at radius 3 is 2.75 bits per heavy atom. The van der Waals surface area contributed by atoms with E-state index in [0.717, 1.165) is 0 Å². The molecule has 0 saturated carbocycles. The zero-order valence-electron chi connectivity index (χ0n) is 6.51. The Labute approximate surface area is 70.6 Å². The van der Waals surface area contributed by atoms with E-state index in [9.17, 15) is 0 Å². The second-order valence-corrected chi connectivity index (χ2v) is 2.49. The number of hydrogen-bond donors (Lipinski definition) is 0. The van der Waals surface area contributed by atoms with Gasteiger partial charge in [-0.3, -0.25) is 0 Å². The van der Waals surface area contributed by atoms with Crippen LogP contribution in [0.4, 0.5) is 0 Å². The van der Waals surface area contributed by atoms with E-state index in [1.165, 1.54) is 5.56 Å². The molecule has 0 atom stereocenters. The van der Waals surface area contributed by atoms with Crippen molar-refractivity contribution >= 4 is 0 Å². The molecule has 1 aromatic heterocycles. The smallest absolute Gasteiger partial charge is 0.134 e. The van der Waals surface area contributed by atoms with Crippen LogP contribution in [-0.4, -0.2) is 15.0 Å². The average Bonchev–Trinajstić information content (AvgIpc) is 2.59. The highest BCUT2D eigenvalue weighted by Crippen LogP contribution is 1.98. The molecule has 3 heteroatoms. The summed E-state index contributed by atoms with van der Waals surface area (Å²) in [4.78, 5) is 1.61. The summed E-state index contributed by atoms with van der Waals surface area (Å²) in [6, 6.07) is 10.1. The SMILES string of the molecule is [c]1cnn(Cc2ccccc2)n1. The first-order chi connectivity index (χ1) is 5.95. The number of benzene rings is 1. The lowest BCUT2D eigenvalue weighted by Crippen LogP contribution is -2.02. The Bertz CT molecular complexity index is 326. The fourth-order valence-corrected chi connectivity index (χ4v) is 1.03. The van der Waals surface area contributed by atoms with E-state index in [-0.39, 0.29) is 0 Å². The zero-order valence-corrected chi connectivity index (χ0v) is 6.51. The fourth-order valence-electron chi connectivity index (χ4n) is 1.03. The Balaban J connectivity index is 2.15. The van der Waals surface area contributed by atoms with Gasteiger partial charge in [0.1, 0.15) is 6.20 Å². The summed E-state index contributed by atoms with van der Waals surface area (Å²) in [7, 11) is 0. The Morgan fingerprint density at radius 1 is 1.25 bits per heavy atom. The van der Waals surface area contributed by atoms with Crippen LogP contribution in [0.5, 0.6) is 0 Å². The molecule has 2 aromatic rings. The van der Waals surface area contributed by atoms with Gasteiger partial charge >= 0.3 is 0 Å². The molecule has 0 aliphatic carbocycles. The first-order valence-corrected chi connectivity index (χ1v) is 3.75. The summed E-state index contributed by atoms with van der Waals surface area (Å²) < 4.78 is 0. The lowest BCUT2D eigenvalue weighted by Gasteiger charge is -1.98. The summed E-state index contributed by atoms with van der Waals surface area (Å²) in [5.41, 5.74) is 1.20. The normalized spacial score (nSPS) is 10.0. The van der Waals surface area contributed by atoms with Gasteiger partial charge in [0.2, 0.25) is 0 Å². The maximum absolute atomic E-state index is 3.96. The quantitative estimate of drug-likeness (QED) is 0.655. The summed E-state index contributed by atoms with van der Waals surface area (Å²) >= 11 is 0. The van der Waals surface area contributed by atoms with Crippen LogP contribution in [0.3, 0.4) is 0 Å². The van der Waals surface area contributed by atoms with Gasteiger partial charge in [0.05, 0.1) is 12.7 Å². The average molecular weight is 158 g/mol. The molecule has 0 bridgehead atoms. The minimum Gasteiger partial charge on any atom is -0.180 e. The van der Waals surface area contributed by atoms with E-state index in [1.54, 1.807) is 11.0 Å². The lowest BCUT2D eigenvalue weighted by molar-refractivity contribution is 0.590. The monoisotopic (exact) mass is 158 g/mol. The second-order valence-electron chi connectivity index (χ2n) is 2.49. The number of aromatic nitrogens is 3. The highest BCUT2D eigenvalue weighted by Gasteiger charge is 1.93. The Morgan fingerprint density at radius 2 is 2.08 bits per heavy atom. The molecule has 0 aliphatic heterocycles. The van der Waals surface area contributed by atoms with Crippen molar-refractivity contribution in [1.82, 2.24) is 15.0 Å². The van der Waals surface area contributed by atoms with Gasteiger partial charge in [-0.25, -0.2) is 0 Å². The van der Waals surface area contributed by atoms with Gasteiger partial charge in [0.15, 0.2) is 0 Å². The molecular weight excluding hydrogens is 150 g/mol. The van der Waals surface area contributed by atoms with Crippen LogP contribution in [0.15, 0.2) is 36.5 Å². The van der Waals surface area contributed by atoms with Crippen molar-refractivity contribution in [1.29, 1.82) is 0 Å². The van der Waals surface area contributed by atoms with Gasteiger partial charge in [-0.2, -0.15) is 15.0 Å². The zero-order chi connectivity index (χ0) is 8.23. The molecule has 59 valence electrons. The van der Waals surface area contributed by atoms with E-state index in [0.29, 0.717) is 6.54 Å². The van der Waals surface area contributed by atoms with E-state index < -0.39 is 0 Å². The van der Waals surface area contributed by atoms with Crippen LogP contribution in [0.1, 0.15) is 5.56 Å². The summed E-state index contributed by atoms with van der Waals surface area (Å²) in [5, 5.41) is 7.85. The molecule has 0 N–H and O–H groups in total. The van der Waals surface area contributed by atoms with Crippen LogP contribution in [0.25, 0.3) is 0 Å². The minimum atomic E-state index is 0.713. The van der Waals surface area contributed by atoms with E-state index in [2.05, 4.69) is 16.4 Å². The molecule has 0 amide bonds. The van der Waals surface area contributed by atoms with Gasteiger partial charge in [-0.05, 0) is 5.56 Å². The largest absolute Gasteiger partial charge is 0.180 e. The van der Waals surface area contributed by atoms with Gasteiger partial charge in [-0.15, -0.1) is 0 Å². The molecule has 1 heterocycles. The van der Waals surface area contributed by atoms with Gasteiger partial charge in [0.25, 0.3) is 0 Å². The molecule has 2 rings (SSSR count). The highest BCUT2D eigenvalue weighted by atomic mass is 15.5. The highest BCUT2D eigenvalue weighted by molar-refractivity contribution is 5.14. The third-order valence-corrected chi connectivity index (χ3v) is 1.59. The molecule has 0 fully saturated rings. The topological polar surface area (TPSA) is 30.7 Å². The third-order valence-electron chi connectivity index (χ3n) is 1.59. The Kier molecular flexibility index (Phi) is 1.86. The maximum Gasteiger partial charge on any atom is 0.134 e. The van der Waals surface area contributed by atoms with Crippen molar-refractivity contribution < 1.29 is 0 Å². The first kappa shape index (κ1) is 7.03. The van der Waals surface area contributed by atoms with Gasteiger partial charge in [0, 0.05) is 0 Å². The summed E-state index contributed by atoms with van der Waals surface area (Å²) in [6.45, 7) is 0.713. The predicted octanol–water partition coefficient (Wildman–Crippen LogP) is 1.13. The summed E-state index contributed by atoms with van der Waals surface area (Å²) in [5.74, 6) is 0. The number of hydrogen-bond acceptors (Lipinski definition) is 2. The number of nitrogens with zero attached hydrogens (tertiary/aromatic N) is 3. The Hall–Kier alpha value is -1.64. The van der Waals surface area contributed by atoms with Crippen LogP contribution < -0.4 is 0 Å². The third kappa shape index (κ3) is 1.50. The van der Waals surface area contributed by atoms with E-state index in [1.807, 2.05) is 30.3 Å². The second kappa shape index (κ2) is 3.17. The minimum absolute atomic E-state index is 0.713. The molecule has 0 aliphatic rings. The van der Waals surface area contributed by atoms with Crippen LogP contribution in [-0.2, 0) is 6.54 Å². The molecule has 1 aromatic carbocycles. The fraction of sp³-hybridized carbons (Fsp3) is 0.111. The van der Waals surface area contributed by atoms with Crippen molar-refractivity contribution in [2.75, 3.05) is 0 Å². The molecule has 0 spiro atoms. The van der Waals surface area contributed by atoms with Crippen molar-refractivity contribution in [3.05, 3.63) is 48.3 Å². The van der Waals surface area contributed by atoms with Crippen molar-refractivity contribution in [2.45, 2.75) is 6.54 Å².